The van der Waals surface area contributed by atoms with Gasteiger partial charge in [0, 0.05) is 25.7 Å². The minimum absolute atomic E-state index is 0.0927. The summed E-state index contributed by atoms with van der Waals surface area (Å²) in [5.74, 6) is 1.70. The topological polar surface area (TPSA) is 75.3 Å². The Morgan fingerprint density at radius 3 is 2.84 bits per heavy atom. The summed E-state index contributed by atoms with van der Waals surface area (Å²) in [6.07, 6.45) is 5.57. The zero-order valence-electron chi connectivity index (χ0n) is 14.6. The van der Waals surface area contributed by atoms with E-state index in [9.17, 15) is 4.79 Å². The number of anilines is 1. The van der Waals surface area contributed by atoms with E-state index in [0.717, 1.165) is 61.4 Å². The van der Waals surface area contributed by atoms with Gasteiger partial charge in [-0.2, -0.15) is 0 Å². The van der Waals surface area contributed by atoms with Crippen molar-refractivity contribution in [1.29, 1.82) is 0 Å². The molecular formula is C18H25N5OS. The molecule has 2 saturated heterocycles. The van der Waals surface area contributed by atoms with Crippen molar-refractivity contribution in [3.8, 4) is 0 Å². The molecule has 2 aliphatic rings. The number of hydrogen-bond acceptors (Lipinski definition) is 6. The number of likely N-dealkylation sites (tertiary alicyclic amines) is 1. The lowest BCUT2D eigenvalue weighted by Gasteiger charge is -2.37. The third-order valence-corrected chi connectivity index (χ3v) is 6.47. The van der Waals surface area contributed by atoms with Gasteiger partial charge in [0.05, 0.1) is 5.39 Å². The van der Waals surface area contributed by atoms with Crippen LogP contribution in [0.25, 0.3) is 10.2 Å². The molecule has 2 aromatic heterocycles. The molecule has 1 amide bonds. The van der Waals surface area contributed by atoms with Crippen molar-refractivity contribution in [3.63, 3.8) is 0 Å². The van der Waals surface area contributed by atoms with E-state index in [4.69, 9.17) is 5.73 Å². The Kier molecular flexibility index (Phi) is 4.60. The van der Waals surface area contributed by atoms with E-state index in [1.54, 1.807) is 17.7 Å². The molecule has 0 aliphatic carbocycles. The number of piperidine rings is 1. The zero-order chi connectivity index (χ0) is 17.4. The van der Waals surface area contributed by atoms with Gasteiger partial charge in [0.2, 0.25) is 5.91 Å². The molecule has 2 aromatic rings. The molecule has 0 saturated carbocycles. The summed E-state index contributed by atoms with van der Waals surface area (Å²) in [6, 6.07) is 2.18. The molecule has 25 heavy (non-hydrogen) atoms. The van der Waals surface area contributed by atoms with Gasteiger partial charge in [-0.1, -0.05) is 0 Å². The number of amides is 1. The van der Waals surface area contributed by atoms with Gasteiger partial charge in [-0.05, 0) is 50.0 Å². The maximum atomic E-state index is 13.1. The molecule has 2 atom stereocenters. The number of rotatable bonds is 3. The van der Waals surface area contributed by atoms with Crippen molar-refractivity contribution >= 4 is 33.3 Å². The van der Waals surface area contributed by atoms with E-state index < -0.39 is 0 Å². The lowest BCUT2D eigenvalue weighted by Crippen LogP contribution is -2.50. The molecule has 134 valence electrons. The normalized spacial score (nSPS) is 23.4. The van der Waals surface area contributed by atoms with Gasteiger partial charge in [0.15, 0.2) is 0 Å². The molecule has 0 bridgehead atoms. The summed E-state index contributed by atoms with van der Waals surface area (Å²) in [6.45, 7) is 4.61. The Balaban J connectivity index is 1.52. The smallest absolute Gasteiger partial charge is 0.245 e. The number of aromatic nitrogens is 2. The van der Waals surface area contributed by atoms with Gasteiger partial charge in [-0.25, -0.2) is 9.97 Å². The van der Waals surface area contributed by atoms with E-state index in [-0.39, 0.29) is 18.0 Å². The first kappa shape index (κ1) is 16.7. The van der Waals surface area contributed by atoms with Crippen LogP contribution in [0.5, 0.6) is 0 Å². The largest absolute Gasteiger partial charge is 0.344 e. The molecule has 4 heterocycles. The Hall–Kier alpha value is -1.73. The van der Waals surface area contributed by atoms with Gasteiger partial charge < -0.3 is 15.5 Å². The molecule has 7 heteroatoms. The van der Waals surface area contributed by atoms with Crippen molar-refractivity contribution in [1.82, 2.24) is 14.9 Å². The Morgan fingerprint density at radius 1 is 1.28 bits per heavy atom. The predicted octanol–water partition coefficient (Wildman–Crippen LogP) is 2.25. The predicted molar refractivity (Wildman–Crippen MR) is 101 cm³/mol. The maximum Gasteiger partial charge on any atom is 0.245 e. The fourth-order valence-corrected chi connectivity index (χ4v) is 4.87. The second-order valence-electron chi connectivity index (χ2n) is 7.21. The Labute approximate surface area is 152 Å². The van der Waals surface area contributed by atoms with E-state index >= 15 is 0 Å². The second-order valence-corrected chi connectivity index (χ2v) is 8.10. The molecule has 0 spiro atoms. The van der Waals surface area contributed by atoms with Crippen LogP contribution in [0.3, 0.4) is 0 Å². The lowest BCUT2D eigenvalue weighted by atomic mass is 9.90. The quantitative estimate of drug-likeness (QED) is 0.910. The molecular weight excluding hydrogens is 334 g/mol. The molecule has 0 aromatic carbocycles. The first-order valence-electron chi connectivity index (χ1n) is 9.14. The Bertz CT molecular complexity index is 753. The summed E-state index contributed by atoms with van der Waals surface area (Å²) in [4.78, 5) is 27.2. The number of hydrogen-bond donors (Lipinski definition) is 1. The maximum absolute atomic E-state index is 13.1. The van der Waals surface area contributed by atoms with Gasteiger partial charge in [-0.15, -0.1) is 11.3 Å². The monoisotopic (exact) mass is 359 g/mol. The summed E-state index contributed by atoms with van der Waals surface area (Å²) in [5, 5.41) is 3.09. The highest BCUT2D eigenvalue weighted by atomic mass is 32.1. The highest BCUT2D eigenvalue weighted by molar-refractivity contribution is 7.16. The van der Waals surface area contributed by atoms with Crippen LogP contribution in [-0.2, 0) is 4.79 Å². The van der Waals surface area contributed by atoms with Crippen LogP contribution < -0.4 is 10.6 Å². The van der Waals surface area contributed by atoms with Crippen molar-refractivity contribution in [3.05, 3.63) is 17.8 Å². The number of fused-ring (bicyclic) bond motifs is 1. The SMILES string of the molecule is CC(N)C1CCN(C(=O)C2CCCN2c2ncnc3sccc23)CC1. The minimum atomic E-state index is -0.0927. The second kappa shape index (κ2) is 6.88. The van der Waals surface area contributed by atoms with E-state index in [2.05, 4.69) is 27.9 Å². The van der Waals surface area contributed by atoms with Crippen molar-refractivity contribution < 1.29 is 4.79 Å². The van der Waals surface area contributed by atoms with Crippen LogP contribution in [-0.4, -0.2) is 52.5 Å². The van der Waals surface area contributed by atoms with Crippen LogP contribution in [0.15, 0.2) is 17.8 Å². The van der Waals surface area contributed by atoms with Gasteiger partial charge in [-0.3, -0.25) is 4.79 Å². The first-order chi connectivity index (χ1) is 12.1. The van der Waals surface area contributed by atoms with Gasteiger partial charge in [0.25, 0.3) is 0 Å². The van der Waals surface area contributed by atoms with Gasteiger partial charge >= 0.3 is 0 Å². The van der Waals surface area contributed by atoms with Crippen molar-refractivity contribution in [2.75, 3.05) is 24.5 Å². The van der Waals surface area contributed by atoms with Crippen molar-refractivity contribution in [2.45, 2.75) is 44.7 Å². The molecule has 2 N–H and O–H groups in total. The van der Waals surface area contributed by atoms with Crippen molar-refractivity contribution in [2.24, 2.45) is 11.7 Å². The summed E-state index contributed by atoms with van der Waals surface area (Å²) < 4.78 is 0. The number of nitrogens with two attached hydrogens (primary N) is 1. The summed E-state index contributed by atoms with van der Waals surface area (Å²) >= 11 is 1.62. The average Bonchev–Trinajstić information content (AvgIpc) is 3.30. The number of carbonyl (C=O) groups excluding carboxylic acids is 1. The van der Waals surface area contributed by atoms with Crippen LogP contribution in [0.4, 0.5) is 5.82 Å². The zero-order valence-corrected chi connectivity index (χ0v) is 15.4. The van der Waals surface area contributed by atoms with Crippen LogP contribution in [0, 0.1) is 5.92 Å². The molecule has 4 rings (SSSR count). The fraction of sp³-hybridized carbons (Fsp3) is 0.611. The van der Waals surface area contributed by atoms with Crippen LogP contribution in [0.2, 0.25) is 0 Å². The third kappa shape index (κ3) is 3.11. The number of thiophene rings is 1. The van der Waals surface area contributed by atoms with E-state index in [0.29, 0.717) is 5.92 Å². The standard InChI is InChI=1S/C18H25N5OS/c1-12(19)13-4-8-22(9-5-13)18(24)15-3-2-7-23(15)16-14-6-10-25-17(14)21-11-20-16/h6,10-13,15H,2-5,7-9,19H2,1H3. The van der Waals surface area contributed by atoms with Gasteiger partial charge in [0.1, 0.15) is 23.0 Å². The highest BCUT2D eigenvalue weighted by Gasteiger charge is 2.36. The third-order valence-electron chi connectivity index (χ3n) is 5.65. The average molecular weight is 359 g/mol. The lowest BCUT2D eigenvalue weighted by molar-refractivity contribution is -0.133. The summed E-state index contributed by atoms with van der Waals surface area (Å²) in [5.41, 5.74) is 6.03. The van der Waals surface area contributed by atoms with Crippen LogP contribution in [0.1, 0.15) is 32.6 Å². The van der Waals surface area contributed by atoms with Crippen LogP contribution >= 0.6 is 11.3 Å². The molecule has 2 fully saturated rings. The summed E-state index contributed by atoms with van der Waals surface area (Å²) in [7, 11) is 0. The molecule has 2 aliphatic heterocycles. The number of nitrogens with zero attached hydrogens (tertiary/aromatic N) is 4. The first-order valence-corrected chi connectivity index (χ1v) is 10.0. The van der Waals surface area contributed by atoms with E-state index in [1.807, 2.05) is 10.3 Å². The molecule has 0 radical (unpaired) electrons. The fourth-order valence-electron chi connectivity index (χ4n) is 4.14. The number of carbonyl (C=O) groups is 1. The minimum Gasteiger partial charge on any atom is -0.344 e. The molecule has 2 unspecified atom stereocenters. The molecule has 6 nitrogen and oxygen atoms in total. The Morgan fingerprint density at radius 2 is 2.08 bits per heavy atom. The van der Waals surface area contributed by atoms with E-state index in [1.165, 1.54) is 0 Å². The highest BCUT2D eigenvalue weighted by Crippen LogP contribution is 2.33.